The molecule has 0 fully saturated rings. The minimum absolute atomic E-state index is 0.0385. The van der Waals surface area contributed by atoms with Gasteiger partial charge in [-0.05, 0) is 13.3 Å². The zero-order valence-corrected chi connectivity index (χ0v) is 11.5. The van der Waals surface area contributed by atoms with Gasteiger partial charge in [0.05, 0.1) is 31.8 Å². The molecule has 0 aromatic rings. The number of carbonyl (C=O) groups is 4. The molecule has 3 N–H and O–H groups in total. The van der Waals surface area contributed by atoms with Crippen molar-refractivity contribution in [2.45, 2.75) is 39.5 Å². The van der Waals surface area contributed by atoms with Gasteiger partial charge in [0.1, 0.15) is 0 Å². The van der Waals surface area contributed by atoms with E-state index in [2.05, 4.69) is 4.74 Å². The van der Waals surface area contributed by atoms with Crippen LogP contribution in [-0.4, -0.2) is 45.8 Å². The van der Waals surface area contributed by atoms with Gasteiger partial charge in [-0.3, -0.25) is 19.2 Å². The van der Waals surface area contributed by atoms with Gasteiger partial charge in [0.2, 0.25) is 0 Å². The normalized spacial score (nSPS) is 10.7. The minimum atomic E-state index is -1.06. The molecule has 0 radical (unpaired) electrons. The molecular formula is C12H20O8. The van der Waals surface area contributed by atoms with Gasteiger partial charge in [-0.25, -0.2) is 0 Å². The highest BCUT2D eigenvalue weighted by molar-refractivity contribution is 5.77. The van der Waals surface area contributed by atoms with Gasteiger partial charge < -0.3 is 20.1 Å². The Morgan fingerprint density at radius 3 is 1.75 bits per heavy atom. The maximum atomic E-state index is 10.5. The van der Waals surface area contributed by atoms with E-state index in [1.807, 2.05) is 0 Å². The molecule has 0 aromatic heterocycles. The summed E-state index contributed by atoms with van der Waals surface area (Å²) in [5.41, 5.74) is 0. The Labute approximate surface area is 116 Å². The van der Waals surface area contributed by atoms with Crippen molar-refractivity contribution in [3.63, 3.8) is 0 Å². The number of carboxylic acid groups (broad SMARTS) is 3. The summed E-state index contributed by atoms with van der Waals surface area (Å²) in [6, 6.07) is 0. The lowest BCUT2D eigenvalue weighted by atomic mass is 10.0. The van der Waals surface area contributed by atoms with E-state index in [0.29, 0.717) is 13.0 Å². The minimum Gasteiger partial charge on any atom is -0.481 e. The van der Waals surface area contributed by atoms with Crippen molar-refractivity contribution < 1.29 is 39.2 Å². The molecule has 116 valence electrons. The van der Waals surface area contributed by atoms with Gasteiger partial charge in [-0.15, -0.1) is 0 Å². The molecule has 0 heterocycles. The highest BCUT2D eigenvalue weighted by Crippen LogP contribution is 2.07. The van der Waals surface area contributed by atoms with Crippen molar-refractivity contribution in [3.8, 4) is 0 Å². The molecule has 0 aliphatic heterocycles. The third-order valence-electron chi connectivity index (χ3n) is 2.11. The fourth-order valence-corrected chi connectivity index (χ4v) is 1.06. The number of aliphatic carboxylic acids is 3. The SMILES string of the molecule is CCC(CC(=O)O)C(=O)O.CCOC(=O)CCC(=O)O. The molecule has 0 saturated carbocycles. The first kappa shape index (κ1) is 20.2. The summed E-state index contributed by atoms with van der Waals surface area (Å²) in [5, 5.41) is 24.7. The maximum Gasteiger partial charge on any atom is 0.307 e. The predicted octanol–water partition coefficient (Wildman–Crippen LogP) is 0.986. The summed E-state index contributed by atoms with van der Waals surface area (Å²) in [6.07, 6.45) is -0.116. The van der Waals surface area contributed by atoms with E-state index in [9.17, 15) is 19.2 Å². The second kappa shape index (κ2) is 11.9. The van der Waals surface area contributed by atoms with Crippen LogP contribution in [0.4, 0.5) is 0 Å². The van der Waals surface area contributed by atoms with Crippen LogP contribution in [0.1, 0.15) is 39.5 Å². The summed E-state index contributed by atoms with van der Waals surface area (Å²) in [4.78, 5) is 40.6. The van der Waals surface area contributed by atoms with Crippen LogP contribution in [-0.2, 0) is 23.9 Å². The van der Waals surface area contributed by atoms with Crippen LogP contribution in [0.3, 0.4) is 0 Å². The number of hydrogen-bond acceptors (Lipinski definition) is 5. The molecule has 1 unspecified atom stereocenters. The topological polar surface area (TPSA) is 138 Å². The lowest BCUT2D eigenvalue weighted by molar-refractivity contribution is -0.148. The van der Waals surface area contributed by atoms with E-state index in [1.54, 1.807) is 13.8 Å². The van der Waals surface area contributed by atoms with Crippen molar-refractivity contribution in [2.24, 2.45) is 5.92 Å². The number of rotatable bonds is 8. The van der Waals surface area contributed by atoms with Crippen LogP contribution in [0.2, 0.25) is 0 Å². The Morgan fingerprint density at radius 2 is 1.50 bits per heavy atom. The van der Waals surface area contributed by atoms with Gasteiger partial charge in [0.15, 0.2) is 0 Å². The van der Waals surface area contributed by atoms with E-state index in [0.717, 1.165) is 0 Å². The fourth-order valence-electron chi connectivity index (χ4n) is 1.06. The Hall–Kier alpha value is -2.12. The van der Waals surface area contributed by atoms with E-state index >= 15 is 0 Å². The Kier molecular flexibility index (Phi) is 12.1. The molecule has 0 aliphatic carbocycles. The van der Waals surface area contributed by atoms with Crippen LogP contribution in [0.25, 0.3) is 0 Å². The van der Waals surface area contributed by atoms with Crippen LogP contribution < -0.4 is 0 Å². The van der Waals surface area contributed by atoms with Crippen LogP contribution in [0, 0.1) is 5.92 Å². The number of hydrogen-bond donors (Lipinski definition) is 3. The molecule has 0 aromatic carbocycles. The van der Waals surface area contributed by atoms with Gasteiger partial charge >= 0.3 is 23.9 Å². The lowest BCUT2D eigenvalue weighted by Crippen LogP contribution is -2.16. The van der Waals surface area contributed by atoms with Gasteiger partial charge in [0.25, 0.3) is 0 Å². The van der Waals surface area contributed by atoms with Crippen molar-refractivity contribution in [2.75, 3.05) is 6.61 Å². The second-order valence-electron chi connectivity index (χ2n) is 3.74. The Bertz CT molecular complexity index is 334. The van der Waals surface area contributed by atoms with Crippen molar-refractivity contribution in [1.82, 2.24) is 0 Å². The molecule has 0 bridgehead atoms. The van der Waals surface area contributed by atoms with E-state index in [1.165, 1.54) is 0 Å². The van der Waals surface area contributed by atoms with E-state index < -0.39 is 29.8 Å². The highest BCUT2D eigenvalue weighted by atomic mass is 16.5. The zero-order valence-electron chi connectivity index (χ0n) is 11.5. The summed E-state index contributed by atoms with van der Waals surface area (Å²) < 4.78 is 4.49. The van der Waals surface area contributed by atoms with Gasteiger partial charge in [0, 0.05) is 0 Å². The monoisotopic (exact) mass is 292 g/mol. The van der Waals surface area contributed by atoms with E-state index in [-0.39, 0.29) is 19.3 Å². The third-order valence-corrected chi connectivity index (χ3v) is 2.11. The van der Waals surface area contributed by atoms with Gasteiger partial charge in [-0.1, -0.05) is 6.92 Å². The Balaban J connectivity index is 0. The van der Waals surface area contributed by atoms with Crippen molar-refractivity contribution in [3.05, 3.63) is 0 Å². The number of ether oxygens (including phenoxy) is 1. The smallest absolute Gasteiger partial charge is 0.307 e. The number of carboxylic acids is 3. The molecular weight excluding hydrogens is 272 g/mol. The van der Waals surface area contributed by atoms with Crippen LogP contribution >= 0.6 is 0 Å². The van der Waals surface area contributed by atoms with Crippen LogP contribution in [0.5, 0.6) is 0 Å². The summed E-state index contributed by atoms with van der Waals surface area (Å²) in [5.74, 6) is -4.27. The molecule has 0 rings (SSSR count). The molecule has 8 heteroatoms. The molecule has 1 atom stereocenters. The first-order valence-corrected chi connectivity index (χ1v) is 6.06. The zero-order chi connectivity index (χ0) is 16.1. The average Bonchev–Trinajstić information content (AvgIpc) is 2.34. The molecule has 20 heavy (non-hydrogen) atoms. The molecule has 0 spiro atoms. The average molecular weight is 292 g/mol. The molecule has 0 aliphatic rings. The summed E-state index contributed by atoms with van der Waals surface area (Å²) in [7, 11) is 0. The second-order valence-corrected chi connectivity index (χ2v) is 3.74. The third kappa shape index (κ3) is 13.9. The van der Waals surface area contributed by atoms with Gasteiger partial charge in [-0.2, -0.15) is 0 Å². The molecule has 0 saturated heterocycles. The molecule has 8 nitrogen and oxygen atoms in total. The first-order chi connectivity index (χ1) is 9.24. The fraction of sp³-hybridized carbons (Fsp3) is 0.667. The molecule has 0 amide bonds. The Morgan fingerprint density at radius 1 is 0.950 bits per heavy atom. The van der Waals surface area contributed by atoms with Crippen LogP contribution in [0.15, 0.2) is 0 Å². The predicted molar refractivity (Wildman–Crippen MR) is 67.2 cm³/mol. The van der Waals surface area contributed by atoms with Crippen molar-refractivity contribution >= 4 is 23.9 Å². The maximum absolute atomic E-state index is 10.5. The first-order valence-electron chi connectivity index (χ1n) is 6.06. The van der Waals surface area contributed by atoms with E-state index in [4.69, 9.17) is 15.3 Å². The summed E-state index contributed by atoms with van der Waals surface area (Å²) >= 11 is 0. The lowest BCUT2D eigenvalue weighted by Gasteiger charge is -2.03. The highest BCUT2D eigenvalue weighted by Gasteiger charge is 2.17. The van der Waals surface area contributed by atoms with Crippen molar-refractivity contribution in [1.29, 1.82) is 0 Å². The number of carbonyl (C=O) groups excluding carboxylic acids is 1. The largest absolute Gasteiger partial charge is 0.481 e. The standard InChI is InChI=1S/2C6H10O4/c1-2-10-6(9)4-3-5(7)8;1-2-4(6(9)10)3-5(7)8/h2-4H2,1H3,(H,7,8);4H,2-3H2,1H3,(H,7,8)(H,9,10). The summed E-state index contributed by atoms with van der Waals surface area (Å²) in [6.45, 7) is 3.64. The quantitative estimate of drug-likeness (QED) is 0.563. The number of esters is 1.